The summed E-state index contributed by atoms with van der Waals surface area (Å²) in [5.74, 6) is 0. The van der Waals surface area contributed by atoms with Gasteiger partial charge in [0.2, 0.25) is 0 Å². The first-order valence-electron chi connectivity index (χ1n) is 7.60. The average Bonchev–Trinajstić information content (AvgIpc) is 2.57. The van der Waals surface area contributed by atoms with Crippen LogP contribution in [-0.2, 0) is 0 Å². The summed E-state index contributed by atoms with van der Waals surface area (Å²) >= 11 is 0. The fourth-order valence-electron chi connectivity index (χ4n) is 2.90. The number of rotatable bonds is 2. The molecule has 3 rings (SSSR count). The highest BCUT2D eigenvalue weighted by molar-refractivity contribution is 5.57. The Kier molecular flexibility index (Phi) is 3.97. The van der Waals surface area contributed by atoms with E-state index in [0.29, 0.717) is 5.69 Å². The second-order valence-corrected chi connectivity index (χ2v) is 5.78. The number of benzene rings is 1. The molecule has 2 aromatic rings. The third kappa shape index (κ3) is 2.89. The van der Waals surface area contributed by atoms with Crippen molar-refractivity contribution in [1.29, 1.82) is 5.26 Å². The van der Waals surface area contributed by atoms with Crippen LogP contribution in [0.25, 0.3) is 0 Å². The molecule has 1 fully saturated rings. The van der Waals surface area contributed by atoms with Crippen molar-refractivity contribution in [3.8, 4) is 6.07 Å². The van der Waals surface area contributed by atoms with Crippen LogP contribution in [-0.4, -0.2) is 31.2 Å². The molecule has 4 heteroatoms. The smallest absolute Gasteiger partial charge is 0.140 e. The summed E-state index contributed by atoms with van der Waals surface area (Å²) in [6.07, 6.45) is 1.80. The molecule has 1 aliphatic heterocycles. The van der Waals surface area contributed by atoms with Crippen LogP contribution < -0.4 is 9.80 Å². The van der Waals surface area contributed by atoms with E-state index in [-0.39, 0.29) is 0 Å². The molecule has 0 spiro atoms. The van der Waals surface area contributed by atoms with E-state index in [9.17, 15) is 0 Å². The van der Waals surface area contributed by atoms with Crippen LogP contribution in [0.2, 0.25) is 0 Å². The molecule has 1 aromatic heterocycles. The predicted octanol–water partition coefficient (Wildman–Crippen LogP) is 2.90. The first-order chi connectivity index (χ1) is 10.7. The molecule has 0 bridgehead atoms. The summed E-state index contributed by atoms with van der Waals surface area (Å²) < 4.78 is 0. The van der Waals surface area contributed by atoms with Crippen LogP contribution in [0.3, 0.4) is 0 Å². The van der Waals surface area contributed by atoms with Crippen molar-refractivity contribution in [2.24, 2.45) is 0 Å². The van der Waals surface area contributed by atoms with Crippen molar-refractivity contribution in [2.75, 3.05) is 36.0 Å². The molecule has 112 valence electrons. The summed E-state index contributed by atoms with van der Waals surface area (Å²) in [4.78, 5) is 8.94. The van der Waals surface area contributed by atoms with Crippen LogP contribution in [0.4, 0.5) is 11.4 Å². The number of hydrogen-bond donors (Lipinski definition) is 0. The van der Waals surface area contributed by atoms with Crippen LogP contribution in [0.5, 0.6) is 0 Å². The average molecular weight is 292 g/mol. The molecular weight excluding hydrogens is 272 g/mol. The number of aromatic nitrogens is 1. The van der Waals surface area contributed by atoms with E-state index in [0.717, 1.165) is 31.9 Å². The number of hydrogen-bond acceptors (Lipinski definition) is 4. The number of nitrogens with zero attached hydrogens (tertiary/aromatic N) is 4. The lowest BCUT2D eigenvalue weighted by molar-refractivity contribution is 0.651. The lowest BCUT2D eigenvalue weighted by Gasteiger charge is -2.38. The second-order valence-electron chi connectivity index (χ2n) is 5.78. The van der Waals surface area contributed by atoms with E-state index in [2.05, 4.69) is 52.9 Å². The van der Waals surface area contributed by atoms with Gasteiger partial charge in [0.25, 0.3) is 0 Å². The first kappa shape index (κ1) is 14.4. The van der Waals surface area contributed by atoms with E-state index in [4.69, 9.17) is 5.26 Å². The lowest BCUT2D eigenvalue weighted by atomic mass is 10.1. The van der Waals surface area contributed by atoms with Crippen LogP contribution in [0, 0.1) is 25.2 Å². The van der Waals surface area contributed by atoms with Gasteiger partial charge in [0, 0.05) is 31.9 Å². The molecule has 0 aliphatic carbocycles. The maximum absolute atomic E-state index is 8.82. The molecule has 1 aromatic carbocycles. The molecule has 0 saturated carbocycles. The summed E-state index contributed by atoms with van der Waals surface area (Å²) in [5, 5.41) is 8.82. The van der Waals surface area contributed by atoms with Gasteiger partial charge in [-0.1, -0.05) is 12.1 Å². The monoisotopic (exact) mass is 292 g/mol. The van der Waals surface area contributed by atoms with Gasteiger partial charge in [-0.2, -0.15) is 5.26 Å². The van der Waals surface area contributed by atoms with Gasteiger partial charge in [0.05, 0.1) is 11.9 Å². The fourth-order valence-corrected chi connectivity index (χ4v) is 2.90. The van der Waals surface area contributed by atoms with E-state index < -0.39 is 0 Å². The third-order valence-corrected chi connectivity index (χ3v) is 4.21. The summed E-state index contributed by atoms with van der Waals surface area (Å²) in [6, 6.07) is 12.5. The minimum absolute atomic E-state index is 0.470. The topological polar surface area (TPSA) is 43.2 Å². The lowest BCUT2D eigenvalue weighted by Crippen LogP contribution is -2.46. The van der Waals surface area contributed by atoms with Crippen LogP contribution in [0.15, 0.2) is 36.5 Å². The normalized spacial score (nSPS) is 14.8. The Morgan fingerprint density at radius 3 is 2.36 bits per heavy atom. The highest BCUT2D eigenvalue weighted by atomic mass is 15.3. The minimum atomic E-state index is 0.470. The molecule has 0 radical (unpaired) electrons. The zero-order chi connectivity index (χ0) is 15.5. The van der Waals surface area contributed by atoms with Gasteiger partial charge in [0.1, 0.15) is 11.8 Å². The zero-order valence-electron chi connectivity index (χ0n) is 13.1. The second kappa shape index (κ2) is 6.07. The van der Waals surface area contributed by atoms with Gasteiger partial charge >= 0.3 is 0 Å². The maximum Gasteiger partial charge on any atom is 0.140 e. The number of aryl methyl sites for hydroxylation is 2. The Morgan fingerprint density at radius 1 is 1.00 bits per heavy atom. The van der Waals surface area contributed by atoms with Crippen molar-refractivity contribution < 1.29 is 0 Å². The van der Waals surface area contributed by atoms with Crippen LogP contribution >= 0.6 is 0 Å². The Labute approximate surface area is 131 Å². The Morgan fingerprint density at radius 2 is 1.73 bits per heavy atom. The quantitative estimate of drug-likeness (QED) is 0.853. The molecule has 22 heavy (non-hydrogen) atoms. The highest BCUT2D eigenvalue weighted by Gasteiger charge is 2.19. The SMILES string of the molecule is Cc1ccc(C)c(N2CCN(c3ccc(C#N)nc3)CC2)c1. The summed E-state index contributed by atoms with van der Waals surface area (Å²) in [7, 11) is 0. The van der Waals surface area contributed by atoms with Crippen molar-refractivity contribution >= 4 is 11.4 Å². The third-order valence-electron chi connectivity index (χ3n) is 4.21. The summed E-state index contributed by atoms with van der Waals surface area (Å²) in [6.45, 7) is 8.27. The van der Waals surface area contributed by atoms with Crippen molar-refractivity contribution in [2.45, 2.75) is 13.8 Å². The zero-order valence-corrected chi connectivity index (χ0v) is 13.1. The highest BCUT2D eigenvalue weighted by Crippen LogP contribution is 2.24. The number of anilines is 2. The standard InChI is InChI=1S/C18H20N4/c1-14-3-4-15(2)18(11-14)22-9-7-21(8-10-22)17-6-5-16(12-19)20-13-17/h3-6,11,13H,7-10H2,1-2H3. The molecule has 2 heterocycles. The molecule has 0 N–H and O–H groups in total. The van der Waals surface area contributed by atoms with E-state index in [1.54, 1.807) is 12.3 Å². The molecule has 0 amide bonds. The Balaban J connectivity index is 1.69. The van der Waals surface area contributed by atoms with E-state index in [1.165, 1.54) is 16.8 Å². The van der Waals surface area contributed by atoms with Gasteiger partial charge < -0.3 is 9.80 Å². The Bertz CT molecular complexity index is 692. The van der Waals surface area contributed by atoms with Gasteiger partial charge in [-0.3, -0.25) is 0 Å². The van der Waals surface area contributed by atoms with Gasteiger partial charge in [-0.25, -0.2) is 4.98 Å². The number of nitriles is 1. The summed E-state index contributed by atoms with van der Waals surface area (Å²) in [5.41, 5.74) is 5.55. The minimum Gasteiger partial charge on any atom is -0.368 e. The number of pyridine rings is 1. The molecule has 1 saturated heterocycles. The predicted molar refractivity (Wildman–Crippen MR) is 89.3 cm³/mol. The maximum atomic E-state index is 8.82. The van der Waals surface area contributed by atoms with E-state index >= 15 is 0 Å². The van der Waals surface area contributed by atoms with Crippen molar-refractivity contribution in [1.82, 2.24) is 4.98 Å². The van der Waals surface area contributed by atoms with E-state index in [1.807, 2.05) is 6.07 Å². The molecule has 0 unspecified atom stereocenters. The van der Waals surface area contributed by atoms with Crippen LogP contribution in [0.1, 0.15) is 16.8 Å². The fraction of sp³-hybridized carbons (Fsp3) is 0.333. The van der Waals surface area contributed by atoms with Gasteiger partial charge in [-0.05, 0) is 43.2 Å². The number of piperazine rings is 1. The van der Waals surface area contributed by atoms with Gasteiger partial charge in [0.15, 0.2) is 0 Å². The van der Waals surface area contributed by atoms with Crippen molar-refractivity contribution in [3.05, 3.63) is 53.3 Å². The molecule has 1 aliphatic rings. The van der Waals surface area contributed by atoms with Gasteiger partial charge in [-0.15, -0.1) is 0 Å². The molecule has 0 atom stereocenters. The Hall–Kier alpha value is -2.54. The largest absolute Gasteiger partial charge is 0.368 e. The van der Waals surface area contributed by atoms with Crippen molar-refractivity contribution in [3.63, 3.8) is 0 Å². The molecular formula is C18H20N4. The molecule has 4 nitrogen and oxygen atoms in total. The first-order valence-corrected chi connectivity index (χ1v) is 7.60.